The van der Waals surface area contributed by atoms with Gasteiger partial charge in [-0.25, -0.2) is 0 Å². The fourth-order valence-electron chi connectivity index (χ4n) is 1.30. The molecule has 0 aromatic heterocycles. The van der Waals surface area contributed by atoms with Gasteiger partial charge < -0.3 is 4.74 Å². The van der Waals surface area contributed by atoms with Crippen LogP contribution in [0.5, 0.6) is 0 Å². The maximum Gasteiger partial charge on any atom is 0.0491 e. The van der Waals surface area contributed by atoms with E-state index < -0.39 is 0 Å². The molecule has 0 aliphatic carbocycles. The van der Waals surface area contributed by atoms with Crippen LogP contribution in [0.1, 0.15) is 40.5 Å². The first-order valence-corrected chi connectivity index (χ1v) is 4.74. The molecule has 0 rings (SSSR count). The highest BCUT2D eigenvalue weighted by molar-refractivity contribution is 4.54. The molecule has 11 heavy (non-hydrogen) atoms. The van der Waals surface area contributed by atoms with Crippen LogP contribution in [0.2, 0.25) is 0 Å². The highest BCUT2D eigenvalue weighted by atomic mass is 16.5. The Morgan fingerprint density at radius 1 is 1.18 bits per heavy atom. The van der Waals surface area contributed by atoms with E-state index in [1.165, 1.54) is 6.42 Å². The molecular formula is C10H22O. The Hall–Kier alpha value is -0.0400. The topological polar surface area (TPSA) is 9.23 Å². The van der Waals surface area contributed by atoms with Gasteiger partial charge in [-0.1, -0.05) is 27.7 Å². The van der Waals surface area contributed by atoms with Crippen molar-refractivity contribution < 1.29 is 4.74 Å². The molecule has 0 heterocycles. The van der Waals surface area contributed by atoms with Gasteiger partial charge in [0.05, 0.1) is 0 Å². The molecule has 0 fully saturated rings. The van der Waals surface area contributed by atoms with Crippen LogP contribution in [-0.4, -0.2) is 13.2 Å². The molecule has 0 saturated carbocycles. The van der Waals surface area contributed by atoms with Gasteiger partial charge in [0.15, 0.2) is 0 Å². The molecule has 0 saturated heterocycles. The zero-order valence-electron chi connectivity index (χ0n) is 8.39. The Morgan fingerprint density at radius 2 is 1.82 bits per heavy atom. The zero-order chi connectivity index (χ0) is 8.69. The second kappa shape index (κ2) is 6.66. The van der Waals surface area contributed by atoms with Crippen molar-refractivity contribution in [1.29, 1.82) is 0 Å². The molecule has 1 atom stereocenters. The molecular weight excluding hydrogens is 136 g/mol. The number of ether oxygens (including phenoxy) is 1. The van der Waals surface area contributed by atoms with E-state index >= 15 is 0 Å². The lowest BCUT2D eigenvalue weighted by Crippen LogP contribution is -2.08. The van der Waals surface area contributed by atoms with E-state index in [9.17, 15) is 0 Å². The lowest BCUT2D eigenvalue weighted by molar-refractivity contribution is 0.0982. The predicted molar refractivity (Wildman–Crippen MR) is 49.7 cm³/mol. The Labute approximate surface area is 71.1 Å². The second-order valence-corrected chi connectivity index (χ2v) is 3.81. The molecule has 0 amide bonds. The van der Waals surface area contributed by atoms with Crippen LogP contribution < -0.4 is 0 Å². The molecule has 1 nitrogen and oxygen atoms in total. The van der Waals surface area contributed by atoms with Gasteiger partial charge in [0, 0.05) is 13.2 Å². The average molecular weight is 158 g/mol. The predicted octanol–water partition coefficient (Wildman–Crippen LogP) is 3.10. The molecule has 68 valence electrons. The van der Waals surface area contributed by atoms with Crippen LogP contribution in [0.25, 0.3) is 0 Å². The lowest BCUT2D eigenvalue weighted by Gasteiger charge is -2.13. The smallest absolute Gasteiger partial charge is 0.0491 e. The summed E-state index contributed by atoms with van der Waals surface area (Å²) in [5, 5.41) is 0. The Balaban J connectivity index is 3.15. The summed E-state index contributed by atoms with van der Waals surface area (Å²) < 4.78 is 5.45. The lowest BCUT2D eigenvalue weighted by atomic mass is 10.00. The number of hydrogen-bond acceptors (Lipinski definition) is 1. The molecule has 0 aliphatic heterocycles. The second-order valence-electron chi connectivity index (χ2n) is 3.81. The summed E-state index contributed by atoms with van der Waals surface area (Å²) in [5.74, 6) is 1.52. The average Bonchev–Trinajstić information content (AvgIpc) is 1.86. The van der Waals surface area contributed by atoms with Crippen molar-refractivity contribution in [2.75, 3.05) is 13.2 Å². The minimum Gasteiger partial charge on any atom is -0.381 e. The summed E-state index contributed by atoms with van der Waals surface area (Å²) in [4.78, 5) is 0. The minimum atomic E-state index is 0.724. The molecule has 1 heteroatoms. The molecule has 0 bridgehead atoms. The normalized spacial score (nSPS) is 13.9. The third kappa shape index (κ3) is 7.86. The van der Waals surface area contributed by atoms with Crippen molar-refractivity contribution in [1.82, 2.24) is 0 Å². The standard InChI is InChI=1S/C10H22O/c1-5-6-11-8-10(4)7-9(2)3/h9-10H,5-8H2,1-4H3. The summed E-state index contributed by atoms with van der Waals surface area (Å²) >= 11 is 0. The van der Waals surface area contributed by atoms with Crippen molar-refractivity contribution in [2.45, 2.75) is 40.5 Å². The summed E-state index contributed by atoms with van der Waals surface area (Å²) in [5.41, 5.74) is 0. The van der Waals surface area contributed by atoms with Gasteiger partial charge in [-0.2, -0.15) is 0 Å². The van der Waals surface area contributed by atoms with Crippen molar-refractivity contribution in [3.8, 4) is 0 Å². The van der Waals surface area contributed by atoms with Crippen molar-refractivity contribution >= 4 is 0 Å². The Kier molecular flexibility index (Phi) is 6.63. The van der Waals surface area contributed by atoms with Crippen LogP contribution in [0.3, 0.4) is 0 Å². The highest BCUT2D eigenvalue weighted by Crippen LogP contribution is 2.10. The van der Waals surface area contributed by atoms with Crippen LogP contribution in [0.15, 0.2) is 0 Å². The fraction of sp³-hybridized carbons (Fsp3) is 1.00. The van der Waals surface area contributed by atoms with Crippen molar-refractivity contribution in [3.63, 3.8) is 0 Å². The van der Waals surface area contributed by atoms with E-state index in [-0.39, 0.29) is 0 Å². The molecule has 0 N–H and O–H groups in total. The van der Waals surface area contributed by atoms with Gasteiger partial charge in [-0.3, -0.25) is 0 Å². The maximum atomic E-state index is 5.45. The first-order valence-electron chi connectivity index (χ1n) is 4.74. The third-order valence-corrected chi connectivity index (χ3v) is 1.62. The Morgan fingerprint density at radius 3 is 2.27 bits per heavy atom. The summed E-state index contributed by atoms with van der Waals surface area (Å²) in [6, 6.07) is 0. The molecule has 0 aromatic rings. The Bertz CT molecular complexity index is 78.9. The van der Waals surface area contributed by atoms with Gasteiger partial charge in [0.25, 0.3) is 0 Å². The third-order valence-electron chi connectivity index (χ3n) is 1.62. The van der Waals surface area contributed by atoms with Gasteiger partial charge in [-0.15, -0.1) is 0 Å². The van der Waals surface area contributed by atoms with Gasteiger partial charge in [-0.05, 0) is 24.7 Å². The van der Waals surface area contributed by atoms with E-state index in [1.54, 1.807) is 0 Å². The molecule has 0 radical (unpaired) electrons. The van der Waals surface area contributed by atoms with E-state index in [1.807, 2.05) is 0 Å². The van der Waals surface area contributed by atoms with E-state index in [0.29, 0.717) is 0 Å². The SMILES string of the molecule is CCCOCC(C)CC(C)C. The quantitative estimate of drug-likeness (QED) is 0.540. The van der Waals surface area contributed by atoms with E-state index in [4.69, 9.17) is 4.74 Å². The van der Waals surface area contributed by atoms with Crippen LogP contribution in [-0.2, 0) is 4.74 Å². The number of rotatable bonds is 6. The van der Waals surface area contributed by atoms with Gasteiger partial charge >= 0.3 is 0 Å². The largest absolute Gasteiger partial charge is 0.381 e. The molecule has 0 spiro atoms. The summed E-state index contributed by atoms with van der Waals surface area (Å²) in [6.07, 6.45) is 2.41. The summed E-state index contributed by atoms with van der Waals surface area (Å²) in [7, 11) is 0. The molecule has 0 aromatic carbocycles. The summed E-state index contributed by atoms with van der Waals surface area (Å²) in [6.45, 7) is 10.8. The van der Waals surface area contributed by atoms with E-state index in [2.05, 4.69) is 27.7 Å². The monoisotopic (exact) mass is 158 g/mol. The van der Waals surface area contributed by atoms with Crippen molar-refractivity contribution in [2.24, 2.45) is 11.8 Å². The fourth-order valence-corrected chi connectivity index (χ4v) is 1.30. The van der Waals surface area contributed by atoms with Crippen LogP contribution in [0.4, 0.5) is 0 Å². The number of hydrogen-bond donors (Lipinski definition) is 0. The molecule has 0 aliphatic rings. The minimum absolute atomic E-state index is 0.724. The van der Waals surface area contributed by atoms with Crippen molar-refractivity contribution in [3.05, 3.63) is 0 Å². The van der Waals surface area contributed by atoms with Gasteiger partial charge in [0.2, 0.25) is 0 Å². The van der Waals surface area contributed by atoms with E-state index in [0.717, 1.165) is 31.5 Å². The molecule has 1 unspecified atom stereocenters. The first kappa shape index (κ1) is 11.0. The van der Waals surface area contributed by atoms with Crippen LogP contribution in [0, 0.1) is 11.8 Å². The maximum absolute atomic E-state index is 5.45. The first-order chi connectivity index (χ1) is 5.16. The van der Waals surface area contributed by atoms with Crippen LogP contribution >= 0.6 is 0 Å². The van der Waals surface area contributed by atoms with Gasteiger partial charge in [0.1, 0.15) is 0 Å². The highest BCUT2D eigenvalue weighted by Gasteiger charge is 2.03. The zero-order valence-corrected chi connectivity index (χ0v) is 8.39.